The van der Waals surface area contributed by atoms with Gasteiger partial charge in [0.25, 0.3) is 0 Å². The largest absolute Gasteiger partial charge is 0.323 e. The van der Waals surface area contributed by atoms with Gasteiger partial charge in [0, 0.05) is 36.1 Å². The van der Waals surface area contributed by atoms with Crippen LogP contribution in [-0.2, 0) is 11.3 Å². The van der Waals surface area contributed by atoms with Crippen LogP contribution in [0.15, 0.2) is 72.8 Å². The Balaban J connectivity index is 1.52. The molecule has 1 saturated heterocycles. The molecule has 4 aromatic rings. The zero-order chi connectivity index (χ0) is 20.7. The number of halogens is 1. The molecule has 0 radical (unpaired) electrons. The van der Waals surface area contributed by atoms with Gasteiger partial charge in [-0.3, -0.25) is 4.79 Å². The predicted octanol–water partition coefficient (Wildman–Crippen LogP) is 5.57. The molecular formula is C25H22ClN3O. The third-order valence-electron chi connectivity index (χ3n) is 5.76. The van der Waals surface area contributed by atoms with Crippen LogP contribution in [0.2, 0.25) is 5.02 Å². The predicted molar refractivity (Wildman–Crippen MR) is 121 cm³/mol. The van der Waals surface area contributed by atoms with Crippen molar-refractivity contribution in [1.29, 1.82) is 0 Å². The van der Waals surface area contributed by atoms with Gasteiger partial charge in [0.2, 0.25) is 5.91 Å². The van der Waals surface area contributed by atoms with Crippen molar-refractivity contribution in [3.63, 3.8) is 0 Å². The van der Waals surface area contributed by atoms with E-state index in [1.165, 1.54) is 11.1 Å². The summed E-state index contributed by atoms with van der Waals surface area (Å²) in [4.78, 5) is 19.6. The lowest BCUT2D eigenvalue weighted by Crippen LogP contribution is -2.24. The van der Waals surface area contributed by atoms with E-state index in [-0.39, 0.29) is 11.8 Å². The number of carbonyl (C=O) groups excluding carboxylic acids is 1. The number of benzene rings is 3. The van der Waals surface area contributed by atoms with Crippen LogP contribution in [0.3, 0.4) is 0 Å². The number of aryl methyl sites for hydroxylation is 1. The van der Waals surface area contributed by atoms with Gasteiger partial charge in [-0.1, -0.05) is 59.6 Å². The first kappa shape index (κ1) is 18.9. The van der Waals surface area contributed by atoms with E-state index in [0.29, 0.717) is 18.0 Å². The maximum atomic E-state index is 12.8. The first-order valence-corrected chi connectivity index (χ1v) is 10.5. The molecule has 2 heterocycles. The van der Waals surface area contributed by atoms with Crippen LogP contribution in [-0.4, -0.2) is 22.0 Å². The third kappa shape index (κ3) is 3.48. The van der Waals surface area contributed by atoms with Crippen LogP contribution in [0.5, 0.6) is 0 Å². The van der Waals surface area contributed by atoms with Crippen LogP contribution >= 0.6 is 11.6 Å². The number of fused-ring (bicyclic) bond motifs is 1. The molecule has 4 nitrogen and oxygen atoms in total. The van der Waals surface area contributed by atoms with Gasteiger partial charge in [0.15, 0.2) is 0 Å². The van der Waals surface area contributed by atoms with Crippen LogP contribution in [0, 0.1) is 6.92 Å². The van der Waals surface area contributed by atoms with Crippen LogP contribution < -0.4 is 4.90 Å². The van der Waals surface area contributed by atoms with Crippen molar-refractivity contribution in [3.05, 3.63) is 94.8 Å². The Labute approximate surface area is 180 Å². The molecule has 1 amide bonds. The van der Waals surface area contributed by atoms with E-state index in [1.54, 1.807) is 0 Å². The lowest BCUT2D eigenvalue weighted by molar-refractivity contribution is -0.117. The van der Waals surface area contributed by atoms with E-state index < -0.39 is 0 Å². The summed E-state index contributed by atoms with van der Waals surface area (Å²) in [5, 5.41) is 0.635. The van der Waals surface area contributed by atoms with Gasteiger partial charge in [0.05, 0.1) is 11.0 Å². The molecule has 1 aromatic heterocycles. The van der Waals surface area contributed by atoms with Crippen molar-refractivity contribution in [2.24, 2.45) is 0 Å². The average molecular weight is 416 g/mol. The smallest absolute Gasteiger partial charge is 0.227 e. The van der Waals surface area contributed by atoms with E-state index in [0.717, 1.165) is 29.1 Å². The SMILES string of the molecule is Cc1ccc(Cn2c([C@H]3CC(=O)N(c4cccc(Cl)c4)C3)nc3ccccc32)cc1. The maximum Gasteiger partial charge on any atom is 0.227 e. The standard InChI is InChI=1S/C25H22ClN3O/c1-17-9-11-18(12-10-17)15-29-23-8-3-2-7-22(23)27-25(29)19-13-24(30)28(16-19)21-6-4-5-20(26)14-21/h2-12,14,19H,13,15-16H2,1H3/t19-/m0/s1. The van der Waals surface area contributed by atoms with Gasteiger partial charge in [-0.05, 0) is 42.8 Å². The Bertz CT molecular complexity index is 1230. The highest BCUT2D eigenvalue weighted by Gasteiger charge is 2.34. The molecule has 5 rings (SSSR count). The van der Waals surface area contributed by atoms with E-state index >= 15 is 0 Å². The number of amides is 1. The molecule has 1 aliphatic heterocycles. The fourth-order valence-corrected chi connectivity index (χ4v) is 4.41. The monoisotopic (exact) mass is 415 g/mol. The molecular weight excluding hydrogens is 394 g/mol. The first-order valence-electron chi connectivity index (χ1n) is 10.1. The van der Waals surface area contributed by atoms with Crippen molar-refractivity contribution in [2.75, 3.05) is 11.4 Å². The molecule has 0 bridgehead atoms. The van der Waals surface area contributed by atoms with Crippen molar-refractivity contribution < 1.29 is 4.79 Å². The minimum Gasteiger partial charge on any atom is -0.323 e. The molecule has 3 aromatic carbocycles. The van der Waals surface area contributed by atoms with Crippen LogP contribution in [0.25, 0.3) is 11.0 Å². The zero-order valence-corrected chi connectivity index (χ0v) is 17.5. The van der Waals surface area contributed by atoms with Gasteiger partial charge in [-0.25, -0.2) is 4.98 Å². The second kappa shape index (κ2) is 7.62. The number of hydrogen-bond donors (Lipinski definition) is 0. The molecule has 1 fully saturated rings. The summed E-state index contributed by atoms with van der Waals surface area (Å²) in [5.74, 6) is 1.11. The van der Waals surface area contributed by atoms with Crippen molar-refractivity contribution >= 4 is 34.2 Å². The molecule has 5 heteroatoms. The average Bonchev–Trinajstić information content (AvgIpc) is 3.30. The Morgan fingerprint density at radius 2 is 1.83 bits per heavy atom. The number of carbonyl (C=O) groups is 1. The van der Waals surface area contributed by atoms with Gasteiger partial charge >= 0.3 is 0 Å². The zero-order valence-electron chi connectivity index (χ0n) is 16.8. The number of para-hydroxylation sites is 2. The lowest BCUT2D eigenvalue weighted by atomic mass is 10.1. The third-order valence-corrected chi connectivity index (χ3v) is 5.99. The minimum absolute atomic E-state index is 0.0364. The van der Waals surface area contributed by atoms with E-state index in [9.17, 15) is 4.79 Å². The minimum atomic E-state index is 0.0364. The quantitative estimate of drug-likeness (QED) is 0.437. The summed E-state index contributed by atoms with van der Waals surface area (Å²) in [6.45, 7) is 3.44. The summed E-state index contributed by atoms with van der Waals surface area (Å²) < 4.78 is 2.26. The van der Waals surface area contributed by atoms with Gasteiger partial charge in [-0.2, -0.15) is 0 Å². The first-order chi connectivity index (χ1) is 14.6. The van der Waals surface area contributed by atoms with E-state index in [4.69, 9.17) is 16.6 Å². The highest BCUT2D eigenvalue weighted by molar-refractivity contribution is 6.30. The number of nitrogens with zero attached hydrogens (tertiary/aromatic N) is 3. The fourth-order valence-electron chi connectivity index (χ4n) is 4.22. The van der Waals surface area contributed by atoms with Gasteiger partial charge < -0.3 is 9.47 Å². The summed E-state index contributed by atoms with van der Waals surface area (Å²) in [6.07, 6.45) is 0.448. The molecule has 1 aliphatic rings. The normalized spacial score (nSPS) is 16.5. The highest BCUT2D eigenvalue weighted by atomic mass is 35.5. The summed E-state index contributed by atoms with van der Waals surface area (Å²) in [5.41, 5.74) is 5.38. The molecule has 0 N–H and O–H groups in total. The van der Waals surface area contributed by atoms with Crippen LogP contribution in [0.1, 0.15) is 29.3 Å². The van der Waals surface area contributed by atoms with Gasteiger partial charge in [-0.15, -0.1) is 0 Å². The maximum absolute atomic E-state index is 12.8. The van der Waals surface area contributed by atoms with Crippen molar-refractivity contribution in [3.8, 4) is 0 Å². The molecule has 0 saturated carbocycles. The molecule has 150 valence electrons. The van der Waals surface area contributed by atoms with E-state index in [2.05, 4.69) is 41.8 Å². The van der Waals surface area contributed by atoms with Crippen molar-refractivity contribution in [2.45, 2.75) is 25.8 Å². The summed E-state index contributed by atoms with van der Waals surface area (Å²) in [7, 11) is 0. The fraction of sp³-hybridized carbons (Fsp3) is 0.200. The number of imidazole rings is 1. The van der Waals surface area contributed by atoms with Crippen LogP contribution in [0.4, 0.5) is 5.69 Å². The summed E-state index contributed by atoms with van der Waals surface area (Å²) in [6, 6.07) is 24.3. The Morgan fingerprint density at radius 1 is 1.03 bits per heavy atom. The van der Waals surface area contributed by atoms with E-state index in [1.807, 2.05) is 47.4 Å². The lowest BCUT2D eigenvalue weighted by Gasteiger charge is -2.18. The number of hydrogen-bond acceptors (Lipinski definition) is 2. The number of aromatic nitrogens is 2. The second-order valence-electron chi connectivity index (χ2n) is 7.92. The second-order valence-corrected chi connectivity index (χ2v) is 8.35. The Hall–Kier alpha value is -3.11. The highest BCUT2D eigenvalue weighted by Crippen LogP contribution is 2.34. The molecule has 0 aliphatic carbocycles. The topological polar surface area (TPSA) is 38.1 Å². The summed E-state index contributed by atoms with van der Waals surface area (Å²) >= 11 is 6.15. The number of anilines is 1. The molecule has 1 atom stereocenters. The molecule has 0 spiro atoms. The van der Waals surface area contributed by atoms with Gasteiger partial charge in [0.1, 0.15) is 5.82 Å². The number of rotatable bonds is 4. The molecule has 0 unspecified atom stereocenters. The van der Waals surface area contributed by atoms with Crippen molar-refractivity contribution in [1.82, 2.24) is 9.55 Å². The Kier molecular flexibility index (Phi) is 4.80. The Morgan fingerprint density at radius 3 is 2.63 bits per heavy atom. The molecule has 30 heavy (non-hydrogen) atoms.